The fraction of sp³-hybridized carbons (Fsp3) is 0.500. The fourth-order valence-electron chi connectivity index (χ4n) is 5.18. The predicted molar refractivity (Wildman–Crippen MR) is 126 cm³/mol. The van der Waals surface area contributed by atoms with E-state index in [1.54, 1.807) is 22.7 Å². The van der Waals surface area contributed by atoms with E-state index in [1.807, 2.05) is 5.01 Å². The van der Waals surface area contributed by atoms with Crippen LogP contribution in [0.1, 0.15) is 54.8 Å². The zero-order chi connectivity index (χ0) is 20.5. The lowest BCUT2D eigenvalue weighted by molar-refractivity contribution is -0.135. The van der Waals surface area contributed by atoms with Crippen LogP contribution in [0.2, 0.25) is 0 Å². The molecule has 5 rings (SSSR count). The molecule has 2 aliphatic heterocycles. The van der Waals surface area contributed by atoms with E-state index in [0.717, 1.165) is 38.1 Å². The van der Waals surface area contributed by atoms with Crippen LogP contribution in [0.15, 0.2) is 45.7 Å². The number of hydrogen-bond acceptors (Lipinski definition) is 5. The number of thiophene rings is 2. The van der Waals surface area contributed by atoms with Crippen LogP contribution in [0.5, 0.6) is 0 Å². The number of nitrogens with zero attached hydrogens (tertiary/aromatic N) is 3. The minimum Gasteiger partial charge on any atom is -0.294 e. The van der Waals surface area contributed by atoms with Gasteiger partial charge in [0.1, 0.15) is 0 Å². The molecule has 0 radical (unpaired) electrons. The maximum absolute atomic E-state index is 13.5. The Bertz CT molecular complexity index is 932. The van der Waals surface area contributed by atoms with Gasteiger partial charge < -0.3 is 0 Å². The second-order valence-corrected chi connectivity index (χ2v) is 10.8. The van der Waals surface area contributed by atoms with Crippen molar-refractivity contribution in [2.24, 2.45) is 16.9 Å². The number of piperidine rings is 1. The van der Waals surface area contributed by atoms with Gasteiger partial charge >= 0.3 is 0 Å². The van der Waals surface area contributed by atoms with Crippen LogP contribution in [0, 0.1) is 11.8 Å². The molecule has 1 saturated carbocycles. The van der Waals surface area contributed by atoms with Gasteiger partial charge in [0.05, 0.1) is 18.3 Å². The molecule has 1 saturated heterocycles. The first kappa shape index (κ1) is 20.2. The van der Waals surface area contributed by atoms with Gasteiger partial charge in [-0.2, -0.15) is 5.10 Å². The summed E-state index contributed by atoms with van der Waals surface area (Å²) in [6, 6.07) is 8.58. The summed E-state index contributed by atoms with van der Waals surface area (Å²) < 4.78 is 0. The molecular weight excluding hydrogens is 410 g/mol. The van der Waals surface area contributed by atoms with E-state index in [1.165, 1.54) is 28.2 Å². The molecule has 0 N–H and O–H groups in total. The standard InChI is InChI=1S/C24H29N3OS2/c1-17-6-3-11-26(15-17)16-22(28)27-24(21-10-5-13-30-21)20-9-2-7-18(23(20)25-27)14-19-8-4-12-29-19/h4-5,8,10,12-14,17,20,24H,2-3,6-7,9,11,15-16H2,1H3. The highest BCUT2D eigenvalue weighted by molar-refractivity contribution is 7.11. The van der Waals surface area contributed by atoms with Gasteiger partial charge in [-0.25, -0.2) is 5.01 Å². The topological polar surface area (TPSA) is 35.9 Å². The Labute approximate surface area is 186 Å². The molecule has 0 aromatic carbocycles. The molecule has 4 nitrogen and oxygen atoms in total. The van der Waals surface area contributed by atoms with Crippen molar-refractivity contribution < 1.29 is 4.79 Å². The monoisotopic (exact) mass is 439 g/mol. The average Bonchev–Trinajstić information content (AvgIpc) is 3.48. The van der Waals surface area contributed by atoms with Crippen LogP contribution < -0.4 is 0 Å². The lowest BCUT2D eigenvalue weighted by Gasteiger charge is -2.33. The minimum atomic E-state index is 0.0572. The largest absolute Gasteiger partial charge is 0.294 e. The van der Waals surface area contributed by atoms with Gasteiger partial charge in [-0.3, -0.25) is 9.69 Å². The number of hydrogen-bond donors (Lipinski definition) is 0. The van der Waals surface area contributed by atoms with Crippen LogP contribution in [0.3, 0.4) is 0 Å². The van der Waals surface area contributed by atoms with E-state index < -0.39 is 0 Å². The summed E-state index contributed by atoms with van der Waals surface area (Å²) in [5, 5.41) is 11.1. The first-order valence-electron chi connectivity index (χ1n) is 11.1. The van der Waals surface area contributed by atoms with Gasteiger partial charge in [-0.15, -0.1) is 22.7 Å². The number of carbonyl (C=O) groups is 1. The number of hydrazone groups is 1. The van der Waals surface area contributed by atoms with E-state index in [2.05, 4.69) is 52.9 Å². The summed E-state index contributed by atoms with van der Waals surface area (Å²) in [6.45, 7) is 4.82. The summed E-state index contributed by atoms with van der Waals surface area (Å²) in [6.07, 6.45) is 8.07. The highest BCUT2D eigenvalue weighted by Gasteiger charge is 2.44. The number of carbonyl (C=O) groups excluding carboxylic acids is 1. The van der Waals surface area contributed by atoms with Crippen molar-refractivity contribution in [1.29, 1.82) is 0 Å². The van der Waals surface area contributed by atoms with Crippen LogP contribution in [0.25, 0.3) is 6.08 Å². The minimum absolute atomic E-state index is 0.0572. The predicted octanol–water partition coefficient (Wildman–Crippen LogP) is 5.66. The summed E-state index contributed by atoms with van der Waals surface area (Å²) in [7, 11) is 0. The molecule has 2 aromatic heterocycles. The molecule has 4 heterocycles. The van der Waals surface area contributed by atoms with Crippen molar-refractivity contribution in [3.05, 3.63) is 50.4 Å². The SMILES string of the molecule is CC1CCCN(CC(=O)N2N=C3C(=Cc4cccs4)CCCC3C2c2cccs2)C1. The molecule has 3 unspecified atom stereocenters. The molecule has 2 fully saturated rings. The van der Waals surface area contributed by atoms with Crippen LogP contribution in [-0.4, -0.2) is 41.2 Å². The first-order chi connectivity index (χ1) is 14.7. The lowest BCUT2D eigenvalue weighted by Crippen LogP contribution is -2.43. The van der Waals surface area contributed by atoms with Crippen molar-refractivity contribution in [3.8, 4) is 0 Å². The van der Waals surface area contributed by atoms with E-state index in [4.69, 9.17) is 5.10 Å². The molecule has 3 atom stereocenters. The van der Waals surface area contributed by atoms with Crippen molar-refractivity contribution in [2.45, 2.75) is 45.1 Å². The van der Waals surface area contributed by atoms with Gasteiger partial charge in [-0.1, -0.05) is 19.1 Å². The first-order valence-corrected chi connectivity index (χ1v) is 12.9. The summed E-state index contributed by atoms with van der Waals surface area (Å²) in [4.78, 5) is 18.3. The Morgan fingerprint density at radius 2 is 2.07 bits per heavy atom. The van der Waals surface area contributed by atoms with Gasteiger partial charge in [-0.05, 0) is 79.1 Å². The van der Waals surface area contributed by atoms with Gasteiger partial charge in [0, 0.05) is 22.2 Å². The lowest BCUT2D eigenvalue weighted by atomic mass is 9.79. The Kier molecular flexibility index (Phi) is 5.89. The molecule has 1 aliphatic carbocycles. The molecule has 2 aromatic rings. The molecule has 1 amide bonds. The maximum Gasteiger partial charge on any atom is 0.257 e. The van der Waals surface area contributed by atoms with Crippen LogP contribution >= 0.6 is 22.7 Å². The fourth-order valence-corrected chi connectivity index (χ4v) is 6.74. The zero-order valence-corrected chi connectivity index (χ0v) is 19.1. The Morgan fingerprint density at radius 1 is 1.20 bits per heavy atom. The molecule has 3 aliphatic rings. The van der Waals surface area contributed by atoms with Crippen molar-refractivity contribution in [2.75, 3.05) is 19.6 Å². The molecule has 6 heteroatoms. The summed E-state index contributed by atoms with van der Waals surface area (Å²) in [5.74, 6) is 1.14. The maximum atomic E-state index is 13.5. The van der Waals surface area contributed by atoms with Crippen molar-refractivity contribution >= 4 is 40.4 Å². The average molecular weight is 440 g/mol. The number of allylic oxidation sites excluding steroid dienone is 1. The molecule has 158 valence electrons. The normalized spacial score (nSPS) is 28.6. The second kappa shape index (κ2) is 8.77. The Hall–Kier alpha value is -1.76. The molecular formula is C24H29N3OS2. The van der Waals surface area contributed by atoms with E-state index >= 15 is 0 Å². The van der Waals surface area contributed by atoms with Gasteiger partial charge in [0.15, 0.2) is 0 Å². The van der Waals surface area contributed by atoms with Gasteiger partial charge in [0.2, 0.25) is 0 Å². The number of likely N-dealkylation sites (tertiary alicyclic amines) is 1. The quantitative estimate of drug-likeness (QED) is 0.616. The van der Waals surface area contributed by atoms with Crippen LogP contribution in [-0.2, 0) is 4.79 Å². The zero-order valence-electron chi connectivity index (χ0n) is 17.5. The van der Waals surface area contributed by atoms with E-state index in [0.29, 0.717) is 18.4 Å². The van der Waals surface area contributed by atoms with Gasteiger partial charge in [0.25, 0.3) is 5.91 Å². The summed E-state index contributed by atoms with van der Waals surface area (Å²) in [5.41, 5.74) is 2.46. The highest BCUT2D eigenvalue weighted by Crippen LogP contribution is 2.45. The van der Waals surface area contributed by atoms with Crippen molar-refractivity contribution in [1.82, 2.24) is 9.91 Å². The number of rotatable bonds is 4. The third-order valence-electron chi connectivity index (χ3n) is 6.55. The van der Waals surface area contributed by atoms with Crippen LogP contribution in [0.4, 0.5) is 0 Å². The molecule has 0 bridgehead atoms. The summed E-state index contributed by atoms with van der Waals surface area (Å²) >= 11 is 3.52. The third-order valence-corrected chi connectivity index (χ3v) is 8.31. The van der Waals surface area contributed by atoms with Crippen molar-refractivity contribution in [3.63, 3.8) is 0 Å². The van der Waals surface area contributed by atoms with E-state index in [9.17, 15) is 4.79 Å². The molecule has 30 heavy (non-hydrogen) atoms. The smallest absolute Gasteiger partial charge is 0.257 e. The second-order valence-electron chi connectivity index (χ2n) is 8.85. The number of fused-ring (bicyclic) bond motifs is 1. The number of amides is 1. The third kappa shape index (κ3) is 4.05. The molecule has 0 spiro atoms. The Balaban J connectivity index is 1.44. The van der Waals surface area contributed by atoms with E-state index in [-0.39, 0.29) is 11.9 Å². The Morgan fingerprint density at radius 3 is 2.83 bits per heavy atom. The highest BCUT2D eigenvalue weighted by atomic mass is 32.1.